The SMILES string of the molecule is CCOCc1cc(C(=O)N[C@@H]2CCS(=O)(=O)C2)ccc1OC. The Bertz CT molecular complexity index is 641. The van der Waals surface area contributed by atoms with Crippen molar-refractivity contribution >= 4 is 15.7 Å². The molecule has 1 aromatic rings. The van der Waals surface area contributed by atoms with Crippen molar-refractivity contribution in [3.8, 4) is 5.75 Å². The molecule has 1 aliphatic heterocycles. The number of rotatable bonds is 6. The van der Waals surface area contributed by atoms with E-state index >= 15 is 0 Å². The van der Waals surface area contributed by atoms with Crippen LogP contribution in [0.4, 0.5) is 0 Å². The lowest BCUT2D eigenvalue weighted by Crippen LogP contribution is -2.35. The van der Waals surface area contributed by atoms with E-state index in [0.717, 1.165) is 5.56 Å². The van der Waals surface area contributed by atoms with Crippen LogP contribution in [0.2, 0.25) is 0 Å². The summed E-state index contributed by atoms with van der Waals surface area (Å²) in [7, 11) is -1.45. The molecule has 0 radical (unpaired) electrons. The Hall–Kier alpha value is -1.60. The van der Waals surface area contributed by atoms with Gasteiger partial charge in [-0.15, -0.1) is 0 Å². The average Bonchev–Trinajstić information content (AvgIpc) is 2.83. The fraction of sp³-hybridized carbons (Fsp3) is 0.533. The van der Waals surface area contributed by atoms with Crippen molar-refractivity contribution < 1.29 is 22.7 Å². The summed E-state index contributed by atoms with van der Waals surface area (Å²) in [6.45, 7) is 2.82. The molecule has 0 aromatic heterocycles. The molecule has 22 heavy (non-hydrogen) atoms. The lowest BCUT2D eigenvalue weighted by molar-refractivity contribution is 0.0940. The minimum absolute atomic E-state index is 0.0146. The third-order valence-electron chi connectivity index (χ3n) is 3.57. The highest BCUT2D eigenvalue weighted by molar-refractivity contribution is 7.91. The van der Waals surface area contributed by atoms with E-state index in [1.165, 1.54) is 0 Å². The number of hydrogen-bond donors (Lipinski definition) is 1. The van der Waals surface area contributed by atoms with E-state index in [1.54, 1.807) is 25.3 Å². The van der Waals surface area contributed by atoms with Crippen molar-refractivity contribution in [3.63, 3.8) is 0 Å². The molecular weight excluding hydrogens is 306 g/mol. The molecule has 0 bridgehead atoms. The lowest BCUT2D eigenvalue weighted by Gasteiger charge is -2.13. The predicted molar refractivity (Wildman–Crippen MR) is 82.8 cm³/mol. The number of nitrogens with one attached hydrogen (secondary N) is 1. The van der Waals surface area contributed by atoms with Gasteiger partial charge in [-0.2, -0.15) is 0 Å². The van der Waals surface area contributed by atoms with Crippen molar-refractivity contribution in [1.82, 2.24) is 5.32 Å². The van der Waals surface area contributed by atoms with E-state index < -0.39 is 9.84 Å². The molecule has 0 aliphatic carbocycles. The Labute approximate surface area is 130 Å². The largest absolute Gasteiger partial charge is 0.496 e. The van der Waals surface area contributed by atoms with E-state index in [0.29, 0.717) is 30.9 Å². The molecular formula is C15H21NO5S. The second kappa shape index (κ2) is 7.11. The zero-order valence-corrected chi connectivity index (χ0v) is 13.6. The van der Waals surface area contributed by atoms with Gasteiger partial charge in [0.05, 0.1) is 25.2 Å². The highest BCUT2D eigenvalue weighted by Gasteiger charge is 2.29. The molecule has 1 N–H and O–H groups in total. The Balaban J connectivity index is 2.09. The maximum Gasteiger partial charge on any atom is 0.251 e. The fourth-order valence-electron chi connectivity index (χ4n) is 2.42. The van der Waals surface area contributed by atoms with Crippen molar-refractivity contribution in [3.05, 3.63) is 29.3 Å². The standard InChI is InChI=1S/C15H21NO5S/c1-3-21-9-12-8-11(4-5-14(12)20-2)15(17)16-13-6-7-22(18,19)10-13/h4-5,8,13H,3,6-7,9-10H2,1-2H3,(H,16,17)/t13-/m1/s1. The Morgan fingerprint density at radius 1 is 1.41 bits per heavy atom. The summed E-state index contributed by atoms with van der Waals surface area (Å²) in [4.78, 5) is 12.2. The fourth-order valence-corrected chi connectivity index (χ4v) is 4.10. The van der Waals surface area contributed by atoms with E-state index in [1.807, 2.05) is 6.92 Å². The van der Waals surface area contributed by atoms with Gasteiger partial charge < -0.3 is 14.8 Å². The van der Waals surface area contributed by atoms with E-state index in [4.69, 9.17) is 9.47 Å². The summed E-state index contributed by atoms with van der Waals surface area (Å²) in [5, 5.41) is 2.77. The Kier molecular flexibility index (Phi) is 5.42. The van der Waals surface area contributed by atoms with Crippen LogP contribution in [-0.2, 0) is 21.2 Å². The number of sulfone groups is 1. The van der Waals surface area contributed by atoms with Crippen LogP contribution < -0.4 is 10.1 Å². The summed E-state index contributed by atoms with van der Waals surface area (Å²) in [6, 6.07) is 4.78. The molecule has 0 saturated carbocycles. The third-order valence-corrected chi connectivity index (χ3v) is 5.34. The van der Waals surface area contributed by atoms with Crippen LogP contribution in [0.15, 0.2) is 18.2 Å². The van der Waals surface area contributed by atoms with E-state index in [2.05, 4.69) is 5.32 Å². The Morgan fingerprint density at radius 3 is 2.77 bits per heavy atom. The van der Waals surface area contributed by atoms with Crippen LogP contribution in [-0.4, -0.2) is 45.6 Å². The van der Waals surface area contributed by atoms with E-state index in [-0.39, 0.29) is 23.5 Å². The minimum atomic E-state index is -3.01. The number of ether oxygens (including phenoxy) is 2. The van der Waals surface area contributed by atoms with Crippen LogP contribution in [0, 0.1) is 0 Å². The molecule has 7 heteroatoms. The van der Waals surface area contributed by atoms with Crippen LogP contribution in [0.5, 0.6) is 5.75 Å². The van der Waals surface area contributed by atoms with Gasteiger partial charge in [-0.3, -0.25) is 4.79 Å². The normalized spacial score (nSPS) is 19.8. The summed E-state index contributed by atoms with van der Waals surface area (Å²) in [6.07, 6.45) is 0.468. The van der Waals surface area contributed by atoms with Gasteiger partial charge in [0.1, 0.15) is 5.75 Å². The predicted octanol–water partition coefficient (Wildman–Crippen LogP) is 1.15. The first-order chi connectivity index (χ1) is 10.4. The zero-order chi connectivity index (χ0) is 16.2. The van der Waals surface area contributed by atoms with Gasteiger partial charge in [-0.05, 0) is 31.5 Å². The molecule has 1 atom stereocenters. The van der Waals surface area contributed by atoms with E-state index in [9.17, 15) is 13.2 Å². The molecule has 1 saturated heterocycles. The number of carbonyl (C=O) groups is 1. The highest BCUT2D eigenvalue weighted by atomic mass is 32.2. The summed E-state index contributed by atoms with van der Waals surface area (Å²) >= 11 is 0. The second-order valence-electron chi connectivity index (χ2n) is 5.24. The topological polar surface area (TPSA) is 81.7 Å². The van der Waals surface area contributed by atoms with Gasteiger partial charge in [-0.25, -0.2) is 8.42 Å². The number of amides is 1. The van der Waals surface area contributed by atoms with Gasteiger partial charge in [0.15, 0.2) is 9.84 Å². The number of benzene rings is 1. The van der Waals surface area contributed by atoms with Gasteiger partial charge in [0, 0.05) is 23.8 Å². The van der Waals surface area contributed by atoms with Crippen molar-refractivity contribution in [2.45, 2.75) is 26.0 Å². The molecule has 0 spiro atoms. The maximum absolute atomic E-state index is 12.2. The van der Waals surface area contributed by atoms with Crippen molar-refractivity contribution in [2.75, 3.05) is 25.2 Å². The van der Waals surface area contributed by atoms with Crippen LogP contribution in [0.1, 0.15) is 29.3 Å². The van der Waals surface area contributed by atoms with Crippen LogP contribution in [0.25, 0.3) is 0 Å². The van der Waals surface area contributed by atoms with Crippen molar-refractivity contribution in [2.24, 2.45) is 0 Å². The first-order valence-electron chi connectivity index (χ1n) is 7.21. The van der Waals surface area contributed by atoms with Crippen molar-refractivity contribution in [1.29, 1.82) is 0 Å². The molecule has 0 unspecified atom stereocenters. The summed E-state index contributed by atoms with van der Waals surface area (Å²) < 4.78 is 33.5. The summed E-state index contributed by atoms with van der Waals surface area (Å²) in [5.74, 6) is 0.535. The summed E-state index contributed by atoms with van der Waals surface area (Å²) in [5.41, 5.74) is 1.26. The molecule has 1 aromatic carbocycles. The third kappa shape index (κ3) is 4.20. The molecule has 2 rings (SSSR count). The van der Waals surface area contributed by atoms with Crippen LogP contribution >= 0.6 is 0 Å². The number of carbonyl (C=O) groups excluding carboxylic acids is 1. The smallest absolute Gasteiger partial charge is 0.251 e. The quantitative estimate of drug-likeness (QED) is 0.847. The van der Waals surface area contributed by atoms with Gasteiger partial charge in [0.25, 0.3) is 5.91 Å². The zero-order valence-electron chi connectivity index (χ0n) is 12.8. The first-order valence-corrected chi connectivity index (χ1v) is 9.03. The second-order valence-corrected chi connectivity index (χ2v) is 7.47. The first kappa shape index (κ1) is 16.8. The molecule has 1 aliphatic rings. The average molecular weight is 327 g/mol. The van der Waals surface area contributed by atoms with Gasteiger partial charge >= 0.3 is 0 Å². The lowest BCUT2D eigenvalue weighted by atomic mass is 10.1. The molecule has 122 valence electrons. The molecule has 1 fully saturated rings. The molecule has 1 amide bonds. The number of hydrogen-bond acceptors (Lipinski definition) is 5. The number of methoxy groups -OCH3 is 1. The van der Waals surface area contributed by atoms with Gasteiger partial charge in [0.2, 0.25) is 0 Å². The molecule has 1 heterocycles. The minimum Gasteiger partial charge on any atom is -0.496 e. The molecule has 6 nitrogen and oxygen atoms in total. The monoisotopic (exact) mass is 327 g/mol. The Morgan fingerprint density at radius 2 is 2.18 bits per heavy atom. The highest BCUT2D eigenvalue weighted by Crippen LogP contribution is 2.21. The van der Waals surface area contributed by atoms with Crippen LogP contribution in [0.3, 0.4) is 0 Å². The maximum atomic E-state index is 12.2. The van der Waals surface area contributed by atoms with Gasteiger partial charge in [-0.1, -0.05) is 0 Å².